The Labute approximate surface area is 451 Å². The first-order chi connectivity index (χ1) is 38.5. The van der Waals surface area contributed by atoms with Crippen LogP contribution in [0.1, 0.15) is 47.8 Å². The van der Waals surface area contributed by atoms with E-state index in [0.29, 0.717) is 0 Å². The summed E-state index contributed by atoms with van der Waals surface area (Å²) in [5.74, 6) is 0. The molecule has 0 spiro atoms. The number of hydrazine groups is 1. The maximum absolute atomic E-state index is 2.70. The third kappa shape index (κ3) is 6.00. The summed E-state index contributed by atoms with van der Waals surface area (Å²) in [7, 11) is 0. The fourth-order valence-electron chi connectivity index (χ4n) is 14.2. The van der Waals surface area contributed by atoms with E-state index < -0.39 is 0 Å². The maximum Gasteiger partial charge on any atom is 0.141 e. The van der Waals surface area contributed by atoms with Crippen molar-refractivity contribution in [2.24, 2.45) is 0 Å². The Bertz CT molecular complexity index is 4920. The van der Waals surface area contributed by atoms with Gasteiger partial charge in [0.05, 0.1) is 61.4 Å². The van der Waals surface area contributed by atoms with Crippen LogP contribution in [-0.4, -0.2) is 28.3 Å². The molecule has 0 N–H and O–H groups in total. The van der Waals surface area contributed by atoms with Gasteiger partial charge in [0.2, 0.25) is 0 Å². The van der Waals surface area contributed by atoms with Gasteiger partial charge < -0.3 is 18.3 Å². The minimum Gasteiger partial charge on any atom is -0.330 e. The largest absolute Gasteiger partial charge is 0.330 e. The van der Waals surface area contributed by atoms with E-state index in [1.807, 2.05) is 0 Å². The first kappa shape index (κ1) is 43.6. The van der Waals surface area contributed by atoms with E-state index in [2.05, 4.69) is 297 Å². The number of allylic oxidation sites excluding steroid dienone is 4. The molecule has 6 nitrogen and oxygen atoms in total. The lowest BCUT2D eigenvalue weighted by molar-refractivity contribution is 0.365. The Kier molecular flexibility index (Phi) is 9.06. The molecule has 2 aliphatic heterocycles. The molecule has 14 aromatic rings. The third-order valence-corrected chi connectivity index (χ3v) is 17.5. The van der Waals surface area contributed by atoms with Gasteiger partial charge in [-0.15, -0.1) is 0 Å². The zero-order valence-corrected chi connectivity index (χ0v) is 43.3. The van der Waals surface area contributed by atoms with Gasteiger partial charge in [-0.05, 0) is 127 Å². The van der Waals surface area contributed by atoms with Crippen LogP contribution >= 0.6 is 0 Å². The van der Waals surface area contributed by atoms with Gasteiger partial charge >= 0.3 is 0 Å². The van der Waals surface area contributed by atoms with Crippen LogP contribution in [0, 0.1) is 6.92 Å². The molecule has 6 heterocycles. The highest BCUT2D eigenvalue weighted by Gasteiger charge is 2.56. The summed E-state index contributed by atoms with van der Waals surface area (Å²) in [4.78, 5) is 0. The Morgan fingerprint density at radius 1 is 0.423 bits per heavy atom. The number of aromatic nitrogens is 4. The first-order valence-electron chi connectivity index (χ1n) is 27.4. The second-order valence-electron chi connectivity index (χ2n) is 21.9. The van der Waals surface area contributed by atoms with Crippen molar-refractivity contribution in [3.05, 3.63) is 277 Å². The molecule has 78 heavy (non-hydrogen) atoms. The molecule has 4 atom stereocenters. The second-order valence-corrected chi connectivity index (χ2v) is 21.9. The molecule has 3 aliphatic rings. The van der Waals surface area contributed by atoms with Crippen LogP contribution in [0.2, 0.25) is 0 Å². The molecule has 10 aromatic carbocycles. The molecule has 0 saturated carbocycles. The van der Waals surface area contributed by atoms with Gasteiger partial charge in [-0.3, -0.25) is 5.01 Å². The van der Waals surface area contributed by atoms with E-state index in [1.54, 1.807) is 0 Å². The van der Waals surface area contributed by atoms with Crippen LogP contribution in [0.3, 0.4) is 0 Å². The molecule has 370 valence electrons. The molecule has 1 saturated heterocycles. The Balaban J connectivity index is 0.952. The molecule has 0 bridgehead atoms. The average molecular weight is 1000 g/mol. The van der Waals surface area contributed by atoms with Gasteiger partial charge in [0.25, 0.3) is 0 Å². The number of aryl methyl sites for hydroxylation is 1. The van der Waals surface area contributed by atoms with Crippen molar-refractivity contribution < 1.29 is 0 Å². The topological polar surface area (TPSA) is 25.7 Å². The summed E-state index contributed by atoms with van der Waals surface area (Å²) in [5, 5.41) is 15.1. The smallest absolute Gasteiger partial charge is 0.141 e. The lowest BCUT2D eigenvalue weighted by atomic mass is 9.92. The van der Waals surface area contributed by atoms with Gasteiger partial charge in [0, 0.05) is 60.2 Å². The Morgan fingerprint density at radius 2 is 1.01 bits per heavy atom. The van der Waals surface area contributed by atoms with Crippen LogP contribution in [0.5, 0.6) is 0 Å². The fraction of sp³-hybridized carbons (Fsp3) is 0.0833. The molecule has 6 heteroatoms. The van der Waals surface area contributed by atoms with Gasteiger partial charge in [0.1, 0.15) is 6.17 Å². The number of hydrogen-bond donors (Lipinski definition) is 0. The van der Waals surface area contributed by atoms with Crippen LogP contribution in [0.4, 0.5) is 0 Å². The molecule has 1 fully saturated rings. The highest BCUT2D eigenvalue weighted by Crippen LogP contribution is 2.59. The van der Waals surface area contributed by atoms with Gasteiger partial charge in [-0.1, -0.05) is 170 Å². The van der Waals surface area contributed by atoms with Gasteiger partial charge in [-0.25, -0.2) is 0 Å². The highest BCUT2D eigenvalue weighted by atomic mass is 15.9. The zero-order valence-electron chi connectivity index (χ0n) is 43.3. The van der Waals surface area contributed by atoms with E-state index >= 15 is 0 Å². The van der Waals surface area contributed by atoms with Gasteiger partial charge in [-0.2, -0.15) is 5.01 Å². The van der Waals surface area contributed by atoms with E-state index in [1.165, 1.54) is 115 Å². The van der Waals surface area contributed by atoms with E-state index in [-0.39, 0.29) is 17.7 Å². The van der Waals surface area contributed by atoms with E-state index in [4.69, 9.17) is 0 Å². The fourth-order valence-corrected chi connectivity index (χ4v) is 14.2. The molecule has 17 rings (SSSR count). The standard InChI is InChI=1S/C72H52N6/c1-46-42-65-68(56-43-49(34-37-60(56)73(65)50-26-12-5-13-27-50)64-45-63(47-22-8-3-9-23-47)77-71(78(64)77)48-24-10-4-11-25-48)70-66(46)57-44-52(35-38-61(57)76(70)72(2)40-20-7-21-41-72)74-59-33-19-17-31-55(59)67-62(74)39-36-54-53-30-16-18-32-58(53)75(69(54)67)51-28-14-6-15-29-51/h3-40,42-45,63,71H,41H2,1-2H3. The molecular weight excluding hydrogens is 949 g/mol. The summed E-state index contributed by atoms with van der Waals surface area (Å²) >= 11 is 0. The number of rotatable bonds is 7. The van der Waals surface area contributed by atoms with Crippen molar-refractivity contribution in [3.8, 4) is 17.1 Å². The van der Waals surface area contributed by atoms with E-state index in [9.17, 15) is 0 Å². The maximum atomic E-state index is 2.70. The summed E-state index contributed by atoms with van der Waals surface area (Å²) < 4.78 is 10.2. The molecule has 0 amide bonds. The number of para-hydroxylation sites is 4. The summed E-state index contributed by atoms with van der Waals surface area (Å²) in [6.45, 7) is 4.76. The normalized spacial score (nSPS) is 19.0. The van der Waals surface area contributed by atoms with Crippen LogP contribution in [0.25, 0.3) is 110 Å². The lowest BCUT2D eigenvalue weighted by Gasteiger charge is -2.31. The summed E-state index contributed by atoms with van der Waals surface area (Å²) in [6.07, 6.45) is 12.7. The van der Waals surface area contributed by atoms with Crippen molar-refractivity contribution in [3.63, 3.8) is 0 Å². The SMILES string of the molecule is Cc1cc2c(c3cc(C4=CC(c5ccccc5)N5C(c6ccccc6)N45)ccc3n2-c2ccccc2)c2c1c1cc(-n3c4ccccc4c4c3ccc3c5ccccc5n(-c5ccccc5)c34)ccc1n2C1(C)C=CC=CC1. The lowest BCUT2D eigenvalue weighted by Crippen LogP contribution is -2.28. The first-order valence-corrected chi connectivity index (χ1v) is 27.4. The highest BCUT2D eigenvalue weighted by molar-refractivity contribution is 6.28. The quantitative estimate of drug-likeness (QED) is 0.149. The van der Waals surface area contributed by atoms with Crippen LogP contribution in [-0.2, 0) is 5.54 Å². The van der Waals surface area contributed by atoms with Crippen molar-refractivity contribution in [1.29, 1.82) is 0 Å². The van der Waals surface area contributed by atoms with Crippen LogP contribution in [0.15, 0.2) is 255 Å². The monoisotopic (exact) mass is 1000 g/mol. The zero-order chi connectivity index (χ0) is 51.4. The Hall–Kier alpha value is -9.62. The van der Waals surface area contributed by atoms with Crippen molar-refractivity contribution in [2.45, 2.75) is 38.0 Å². The van der Waals surface area contributed by atoms with Crippen LogP contribution < -0.4 is 0 Å². The molecule has 0 radical (unpaired) electrons. The molecular formula is C72H52N6. The number of fused-ring (bicyclic) bond motifs is 15. The summed E-state index contributed by atoms with van der Waals surface area (Å²) in [6, 6.07) is 83.5. The second kappa shape index (κ2) is 16.2. The van der Waals surface area contributed by atoms with Gasteiger partial charge in [0.15, 0.2) is 0 Å². The predicted octanol–water partition coefficient (Wildman–Crippen LogP) is 18.0. The Morgan fingerprint density at radius 3 is 1.74 bits per heavy atom. The predicted molar refractivity (Wildman–Crippen MR) is 324 cm³/mol. The average Bonchev–Trinajstić information content (AvgIpc) is 4.15. The molecule has 4 unspecified atom stereocenters. The minimum atomic E-state index is -0.348. The van der Waals surface area contributed by atoms with E-state index in [0.717, 1.165) is 23.5 Å². The molecule has 1 aliphatic carbocycles. The number of hydrogen-bond acceptors (Lipinski definition) is 2. The minimum absolute atomic E-state index is 0.125. The van der Waals surface area contributed by atoms with Crippen molar-refractivity contribution in [2.75, 3.05) is 0 Å². The third-order valence-electron chi connectivity index (χ3n) is 17.5. The summed E-state index contributed by atoms with van der Waals surface area (Å²) in [5.41, 5.74) is 19.1. The van der Waals surface area contributed by atoms with Crippen molar-refractivity contribution in [1.82, 2.24) is 28.3 Å². The molecule has 4 aromatic heterocycles. The number of nitrogens with zero attached hydrogens (tertiary/aromatic N) is 6. The number of benzene rings is 10. The van der Waals surface area contributed by atoms with Crippen molar-refractivity contribution >= 4 is 92.9 Å².